The standard InChI is InChI=1S/C16H27N3O/c1-18(2)11-12-20-15-7-5-14(6-8-15)16(13-17)19-9-3-4-10-19/h5-8,16H,3-4,9-13,17H2,1-2H3. The average molecular weight is 277 g/mol. The third-order valence-corrected chi connectivity index (χ3v) is 3.88. The topological polar surface area (TPSA) is 41.7 Å². The number of benzene rings is 1. The summed E-state index contributed by atoms with van der Waals surface area (Å²) < 4.78 is 5.72. The van der Waals surface area contributed by atoms with Gasteiger partial charge in [-0.1, -0.05) is 12.1 Å². The van der Waals surface area contributed by atoms with Crippen molar-refractivity contribution in [2.45, 2.75) is 18.9 Å². The molecule has 1 heterocycles. The van der Waals surface area contributed by atoms with Crippen LogP contribution in [0, 0.1) is 0 Å². The first-order valence-corrected chi connectivity index (χ1v) is 7.52. The van der Waals surface area contributed by atoms with E-state index in [4.69, 9.17) is 10.5 Å². The molecule has 1 saturated heterocycles. The van der Waals surface area contributed by atoms with E-state index in [1.807, 2.05) is 14.1 Å². The van der Waals surface area contributed by atoms with Gasteiger partial charge in [-0.25, -0.2) is 0 Å². The molecule has 0 saturated carbocycles. The lowest BCUT2D eigenvalue weighted by Crippen LogP contribution is -2.31. The maximum atomic E-state index is 5.96. The van der Waals surface area contributed by atoms with Gasteiger partial charge < -0.3 is 15.4 Å². The lowest BCUT2D eigenvalue weighted by molar-refractivity contribution is 0.250. The highest BCUT2D eigenvalue weighted by atomic mass is 16.5. The van der Waals surface area contributed by atoms with E-state index < -0.39 is 0 Å². The first-order chi connectivity index (χ1) is 9.70. The fraction of sp³-hybridized carbons (Fsp3) is 0.625. The molecule has 0 spiro atoms. The molecule has 1 unspecified atom stereocenters. The van der Waals surface area contributed by atoms with Crippen LogP contribution in [-0.4, -0.2) is 56.7 Å². The lowest BCUT2D eigenvalue weighted by Gasteiger charge is -2.26. The Morgan fingerprint density at radius 3 is 2.40 bits per heavy atom. The number of hydrogen-bond donors (Lipinski definition) is 1. The smallest absolute Gasteiger partial charge is 0.119 e. The number of ether oxygens (including phenoxy) is 1. The first-order valence-electron chi connectivity index (χ1n) is 7.52. The Morgan fingerprint density at radius 2 is 1.85 bits per heavy atom. The van der Waals surface area contributed by atoms with Crippen LogP contribution in [0.2, 0.25) is 0 Å². The van der Waals surface area contributed by atoms with E-state index in [2.05, 4.69) is 34.1 Å². The Labute approximate surface area is 122 Å². The Morgan fingerprint density at radius 1 is 1.20 bits per heavy atom. The van der Waals surface area contributed by atoms with E-state index in [0.717, 1.165) is 18.9 Å². The Balaban J connectivity index is 1.92. The minimum Gasteiger partial charge on any atom is -0.492 e. The molecule has 0 bridgehead atoms. The molecular formula is C16H27N3O. The molecule has 4 nitrogen and oxygen atoms in total. The van der Waals surface area contributed by atoms with Crippen molar-refractivity contribution in [3.05, 3.63) is 29.8 Å². The van der Waals surface area contributed by atoms with Crippen molar-refractivity contribution in [3.8, 4) is 5.75 Å². The van der Waals surface area contributed by atoms with Gasteiger partial charge in [-0.2, -0.15) is 0 Å². The third kappa shape index (κ3) is 4.20. The zero-order valence-electron chi connectivity index (χ0n) is 12.7. The molecule has 4 heteroatoms. The van der Waals surface area contributed by atoms with Gasteiger partial charge in [0.05, 0.1) is 0 Å². The van der Waals surface area contributed by atoms with Crippen molar-refractivity contribution in [3.63, 3.8) is 0 Å². The van der Waals surface area contributed by atoms with E-state index in [1.165, 1.54) is 31.5 Å². The van der Waals surface area contributed by atoms with Crippen molar-refractivity contribution in [2.24, 2.45) is 5.73 Å². The minimum atomic E-state index is 0.355. The Hall–Kier alpha value is -1.10. The second-order valence-electron chi connectivity index (χ2n) is 5.72. The molecule has 20 heavy (non-hydrogen) atoms. The van der Waals surface area contributed by atoms with Gasteiger partial charge >= 0.3 is 0 Å². The summed E-state index contributed by atoms with van der Waals surface area (Å²) in [5, 5.41) is 0. The van der Waals surface area contributed by atoms with Gasteiger partial charge in [0.2, 0.25) is 0 Å². The summed E-state index contributed by atoms with van der Waals surface area (Å²) in [6.07, 6.45) is 2.59. The maximum Gasteiger partial charge on any atom is 0.119 e. The predicted octanol–water partition coefficient (Wildman–Crippen LogP) is 1.72. The van der Waals surface area contributed by atoms with Gasteiger partial charge in [-0.05, 0) is 57.7 Å². The Bertz CT molecular complexity index is 385. The predicted molar refractivity (Wildman–Crippen MR) is 83.1 cm³/mol. The van der Waals surface area contributed by atoms with Gasteiger partial charge in [0.25, 0.3) is 0 Å². The highest BCUT2D eigenvalue weighted by molar-refractivity contribution is 5.29. The molecule has 1 aromatic carbocycles. The lowest BCUT2D eigenvalue weighted by atomic mass is 10.1. The van der Waals surface area contributed by atoms with Gasteiger partial charge in [-0.15, -0.1) is 0 Å². The highest BCUT2D eigenvalue weighted by Crippen LogP contribution is 2.25. The van der Waals surface area contributed by atoms with Gasteiger partial charge in [0, 0.05) is 19.1 Å². The van der Waals surface area contributed by atoms with E-state index in [0.29, 0.717) is 12.6 Å². The summed E-state index contributed by atoms with van der Waals surface area (Å²) in [5.41, 5.74) is 7.26. The van der Waals surface area contributed by atoms with Gasteiger partial charge in [0.1, 0.15) is 12.4 Å². The summed E-state index contributed by atoms with van der Waals surface area (Å²) >= 11 is 0. The van der Waals surface area contributed by atoms with Crippen LogP contribution in [0.4, 0.5) is 0 Å². The monoisotopic (exact) mass is 277 g/mol. The number of nitrogens with zero attached hydrogens (tertiary/aromatic N) is 2. The molecular weight excluding hydrogens is 250 g/mol. The molecule has 1 aliphatic heterocycles. The van der Waals surface area contributed by atoms with Crippen LogP contribution in [0.5, 0.6) is 5.75 Å². The SMILES string of the molecule is CN(C)CCOc1ccc(C(CN)N2CCCC2)cc1. The van der Waals surface area contributed by atoms with Crippen LogP contribution in [-0.2, 0) is 0 Å². The summed E-state index contributed by atoms with van der Waals surface area (Å²) in [4.78, 5) is 4.61. The molecule has 2 rings (SSSR count). The van der Waals surface area contributed by atoms with Crippen LogP contribution in [0.3, 0.4) is 0 Å². The van der Waals surface area contributed by atoms with Crippen LogP contribution >= 0.6 is 0 Å². The minimum absolute atomic E-state index is 0.355. The zero-order chi connectivity index (χ0) is 14.4. The third-order valence-electron chi connectivity index (χ3n) is 3.88. The fourth-order valence-electron chi connectivity index (χ4n) is 2.68. The average Bonchev–Trinajstić information content (AvgIpc) is 2.95. The first kappa shape index (κ1) is 15.3. The molecule has 1 aromatic rings. The molecule has 112 valence electrons. The summed E-state index contributed by atoms with van der Waals surface area (Å²) in [6.45, 7) is 4.67. The second-order valence-corrected chi connectivity index (χ2v) is 5.72. The van der Waals surface area contributed by atoms with Crippen molar-refractivity contribution >= 4 is 0 Å². The van der Waals surface area contributed by atoms with Crippen molar-refractivity contribution in [1.82, 2.24) is 9.80 Å². The van der Waals surface area contributed by atoms with E-state index in [-0.39, 0.29) is 0 Å². The number of likely N-dealkylation sites (N-methyl/N-ethyl adjacent to an activating group) is 1. The zero-order valence-corrected chi connectivity index (χ0v) is 12.7. The normalized spacial score (nSPS) is 17.6. The van der Waals surface area contributed by atoms with Crippen LogP contribution in [0.1, 0.15) is 24.4 Å². The molecule has 1 atom stereocenters. The number of rotatable bonds is 7. The second kappa shape index (κ2) is 7.62. The van der Waals surface area contributed by atoms with Gasteiger partial charge in [0.15, 0.2) is 0 Å². The van der Waals surface area contributed by atoms with E-state index in [9.17, 15) is 0 Å². The maximum absolute atomic E-state index is 5.96. The van der Waals surface area contributed by atoms with Crippen molar-refractivity contribution in [1.29, 1.82) is 0 Å². The van der Waals surface area contributed by atoms with E-state index in [1.54, 1.807) is 0 Å². The van der Waals surface area contributed by atoms with Crippen LogP contribution < -0.4 is 10.5 Å². The van der Waals surface area contributed by atoms with Crippen molar-refractivity contribution < 1.29 is 4.74 Å². The summed E-state index contributed by atoms with van der Waals surface area (Å²) in [5.74, 6) is 0.938. The Kier molecular flexibility index (Phi) is 5.83. The quantitative estimate of drug-likeness (QED) is 0.824. The summed E-state index contributed by atoms with van der Waals surface area (Å²) in [6, 6.07) is 8.78. The molecule has 0 amide bonds. The van der Waals surface area contributed by atoms with E-state index >= 15 is 0 Å². The largest absolute Gasteiger partial charge is 0.492 e. The van der Waals surface area contributed by atoms with Gasteiger partial charge in [-0.3, -0.25) is 4.90 Å². The van der Waals surface area contributed by atoms with Crippen LogP contribution in [0.15, 0.2) is 24.3 Å². The molecule has 0 radical (unpaired) electrons. The molecule has 1 fully saturated rings. The number of likely N-dealkylation sites (tertiary alicyclic amines) is 1. The molecule has 1 aliphatic rings. The molecule has 0 aromatic heterocycles. The highest BCUT2D eigenvalue weighted by Gasteiger charge is 2.21. The fourth-order valence-corrected chi connectivity index (χ4v) is 2.68. The molecule has 2 N–H and O–H groups in total. The summed E-state index contributed by atoms with van der Waals surface area (Å²) in [7, 11) is 4.10. The van der Waals surface area contributed by atoms with Crippen molar-refractivity contribution in [2.75, 3.05) is 46.9 Å². The van der Waals surface area contributed by atoms with Crippen LogP contribution in [0.25, 0.3) is 0 Å². The number of nitrogens with two attached hydrogens (primary N) is 1. The number of hydrogen-bond acceptors (Lipinski definition) is 4. The molecule has 0 aliphatic carbocycles.